The Morgan fingerprint density at radius 1 is 1.14 bits per heavy atom. The lowest BCUT2D eigenvalue weighted by atomic mass is 10.1. The molecule has 0 unspecified atom stereocenters. The molecule has 0 bridgehead atoms. The van der Waals surface area contributed by atoms with Crippen LogP contribution >= 0.6 is 0 Å². The molecule has 1 N–H and O–H groups in total. The lowest BCUT2D eigenvalue weighted by Crippen LogP contribution is -2.41. The molecule has 0 aromatic heterocycles. The third-order valence-corrected chi connectivity index (χ3v) is 3.29. The molecular weight excluding hydrogens is 274 g/mol. The normalized spacial score (nSPS) is 14.9. The van der Waals surface area contributed by atoms with Crippen LogP contribution in [0.25, 0.3) is 0 Å². The molecule has 1 aliphatic rings. The van der Waals surface area contributed by atoms with Crippen molar-refractivity contribution in [3.63, 3.8) is 0 Å². The number of benzene rings is 1. The van der Waals surface area contributed by atoms with Crippen molar-refractivity contribution in [1.29, 1.82) is 0 Å². The van der Waals surface area contributed by atoms with Crippen molar-refractivity contribution < 1.29 is 19.2 Å². The quantitative estimate of drug-likeness (QED) is 0.626. The molecular formula is C14H15N3O4. The van der Waals surface area contributed by atoms with Gasteiger partial charge in [-0.15, -0.1) is 0 Å². The van der Waals surface area contributed by atoms with Gasteiger partial charge in [-0.05, 0) is 18.1 Å². The first kappa shape index (κ1) is 14.7. The van der Waals surface area contributed by atoms with Crippen molar-refractivity contribution in [2.75, 3.05) is 13.6 Å². The van der Waals surface area contributed by atoms with E-state index in [9.17, 15) is 19.2 Å². The largest absolute Gasteiger partial charge is 0.350 e. The van der Waals surface area contributed by atoms with Crippen molar-refractivity contribution in [2.45, 2.75) is 13.5 Å². The molecule has 5 amide bonds. The van der Waals surface area contributed by atoms with E-state index >= 15 is 0 Å². The molecule has 7 heteroatoms. The maximum atomic E-state index is 11.8. The Hall–Kier alpha value is -2.70. The summed E-state index contributed by atoms with van der Waals surface area (Å²) in [6, 6.07) is 6.76. The van der Waals surface area contributed by atoms with Crippen molar-refractivity contribution in [3.8, 4) is 0 Å². The van der Waals surface area contributed by atoms with E-state index in [1.165, 1.54) is 7.05 Å². The van der Waals surface area contributed by atoms with Crippen LogP contribution in [-0.2, 0) is 20.9 Å². The zero-order chi connectivity index (χ0) is 15.6. The Bertz CT molecular complexity index is 626. The second kappa shape index (κ2) is 5.74. The second-order valence-electron chi connectivity index (χ2n) is 4.74. The van der Waals surface area contributed by atoms with E-state index in [4.69, 9.17) is 0 Å². The number of carbonyl (C=O) groups is 4. The van der Waals surface area contributed by atoms with Gasteiger partial charge in [0.05, 0.1) is 0 Å². The third kappa shape index (κ3) is 2.91. The summed E-state index contributed by atoms with van der Waals surface area (Å²) < 4.78 is 0. The molecule has 1 aromatic rings. The van der Waals surface area contributed by atoms with Gasteiger partial charge in [-0.25, -0.2) is 9.69 Å². The number of aryl methyl sites for hydroxylation is 1. The summed E-state index contributed by atoms with van der Waals surface area (Å²) in [4.78, 5) is 47.6. The van der Waals surface area contributed by atoms with Gasteiger partial charge in [-0.2, -0.15) is 0 Å². The predicted molar refractivity (Wildman–Crippen MR) is 72.9 cm³/mol. The molecule has 110 valence electrons. The summed E-state index contributed by atoms with van der Waals surface area (Å²) >= 11 is 0. The van der Waals surface area contributed by atoms with Gasteiger partial charge in [0.2, 0.25) is 5.91 Å². The van der Waals surface area contributed by atoms with Crippen LogP contribution < -0.4 is 5.32 Å². The molecule has 1 aliphatic heterocycles. The van der Waals surface area contributed by atoms with Gasteiger partial charge in [0.1, 0.15) is 6.54 Å². The van der Waals surface area contributed by atoms with Gasteiger partial charge < -0.3 is 5.32 Å². The number of rotatable bonds is 4. The van der Waals surface area contributed by atoms with Crippen molar-refractivity contribution in [1.82, 2.24) is 15.1 Å². The molecule has 21 heavy (non-hydrogen) atoms. The first-order valence-corrected chi connectivity index (χ1v) is 6.36. The number of hydrogen-bond donors (Lipinski definition) is 1. The minimum atomic E-state index is -0.978. The minimum absolute atomic E-state index is 0.297. The molecule has 1 saturated heterocycles. The summed E-state index contributed by atoms with van der Waals surface area (Å²) in [5, 5.41) is 2.62. The molecule has 1 aromatic carbocycles. The number of carbonyl (C=O) groups excluding carboxylic acids is 4. The Balaban J connectivity index is 1.94. The van der Waals surface area contributed by atoms with Gasteiger partial charge in [0.15, 0.2) is 0 Å². The van der Waals surface area contributed by atoms with Gasteiger partial charge >= 0.3 is 17.8 Å². The number of amides is 5. The van der Waals surface area contributed by atoms with E-state index in [-0.39, 0.29) is 0 Å². The lowest BCUT2D eigenvalue weighted by Gasteiger charge is -2.13. The Morgan fingerprint density at radius 3 is 2.38 bits per heavy atom. The lowest BCUT2D eigenvalue weighted by molar-refractivity contribution is -0.143. The zero-order valence-electron chi connectivity index (χ0n) is 11.8. The predicted octanol–water partition coefficient (Wildman–Crippen LogP) is 0.0318. The van der Waals surface area contributed by atoms with Crippen LogP contribution in [0.4, 0.5) is 4.79 Å². The van der Waals surface area contributed by atoms with Gasteiger partial charge in [0, 0.05) is 13.6 Å². The highest BCUT2D eigenvalue weighted by Gasteiger charge is 2.42. The van der Waals surface area contributed by atoms with Crippen molar-refractivity contribution in [2.24, 2.45) is 0 Å². The van der Waals surface area contributed by atoms with E-state index < -0.39 is 30.3 Å². The summed E-state index contributed by atoms with van der Waals surface area (Å²) in [5.41, 5.74) is 1.97. The number of imide groups is 2. The fourth-order valence-corrected chi connectivity index (χ4v) is 1.95. The van der Waals surface area contributed by atoms with Crippen LogP contribution in [0, 0.1) is 6.92 Å². The highest BCUT2D eigenvalue weighted by molar-refractivity contribution is 6.44. The minimum Gasteiger partial charge on any atom is -0.350 e. The Kier molecular flexibility index (Phi) is 4.02. The van der Waals surface area contributed by atoms with Crippen molar-refractivity contribution >= 4 is 23.8 Å². The topological polar surface area (TPSA) is 86.8 Å². The first-order valence-electron chi connectivity index (χ1n) is 6.36. The maximum Gasteiger partial charge on any atom is 0.334 e. The summed E-state index contributed by atoms with van der Waals surface area (Å²) in [6.07, 6.45) is 0. The molecule has 7 nitrogen and oxygen atoms in total. The molecule has 0 spiro atoms. The number of hydrogen-bond acceptors (Lipinski definition) is 4. The van der Waals surface area contributed by atoms with Crippen LogP contribution in [-0.4, -0.2) is 47.1 Å². The van der Waals surface area contributed by atoms with E-state index in [0.29, 0.717) is 16.3 Å². The molecule has 0 saturated carbocycles. The van der Waals surface area contributed by atoms with Crippen LogP contribution in [0.2, 0.25) is 0 Å². The van der Waals surface area contributed by atoms with Crippen LogP contribution in [0.5, 0.6) is 0 Å². The number of nitrogens with one attached hydrogen (secondary N) is 1. The van der Waals surface area contributed by atoms with Crippen LogP contribution in [0.15, 0.2) is 24.3 Å². The number of nitrogens with zero attached hydrogens (tertiary/aromatic N) is 2. The van der Waals surface area contributed by atoms with E-state index in [1.807, 2.05) is 31.2 Å². The average Bonchev–Trinajstić information content (AvgIpc) is 2.64. The smallest absolute Gasteiger partial charge is 0.334 e. The SMILES string of the molecule is Cc1ccccc1CNC(=O)CN1C(=O)C(=O)N(C)C1=O. The van der Waals surface area contributed by atoms with Crippen LogP contribution in [0.3, 0.4) is 0 Å². The fraction of sp³-hybridized carbons (Fsp3) is 0.286. The molecule has 1 heterocycles. The molecule has 0 radical (unpaired) electrons. The van der Waals surface area contributed by atoms with Gasteiger partial charge in [-0.1, -0.05) is 24.3 Å². The standard InChI is InChI=1S/C14H15N3O4/c1-9-5-3-4-6-10(9)7-15-11(18)8-17-13(20)12(19)16(2)14(17)21/h3-6H,7-8H2,1-2H3,(H,15,18). The van der Waals surface area contributed by atoms with Crippen molar-refractivity contribution in [3.05, 3.63) is 35.4 Å². The Morgan fingerprint density at radius 2 is 1.81 bits per heavy atom. The van der Waals surface area contributed by atoms with Gasteiger partial charge in [-0.3, -0.25) is 19.3 Å². The molecule has 2 rings (SSSR count). The zero-order valence-corrected chi connectivity index (χ0v) is 11.8. The first-order chi connectivity index (χ1) is 9.91. The monoisotopic (exact) mass is 289 g/mol. The molecule has 1 fully saturated rings. The maximum absolute atomic E-state index is 11.8. The van der Waals surface area contributed by atoms with E-state index in [2.05, 4.69) is 5.32 Å². The van der Waals surface area contributed by atoms with Gasteiger partial charge in [0.25, 0.3) is 0 Å². The summed E-state index contributed by atoms with van der Waals surface area (Å²) in [6.45, 7) is 1.76. The number of urea groups is 1. The molecule has 0 aliphatic carbocycles. The summed E-state index contributed by atoms with van der Waals surface area (Å²) in [5.74, 6) is -2.40. The Labute approximate surface area is 121 Å². The van der Waals surface area contributed by atoms with E-state index in [0.717, 1.165) is 11.1 Å². The van der Waals surface area contributed by atoms with E-state index in [1.54, 1.807) is 0 Å². The highest BCUT2D eigenvalue weighted by Crippen LogP contribution is 2.09. The number of likely N-dealkylation sites (N-methyl/N-ethyl adjacent to an activating group) is 1. The fourth-order valence-electron chi connectivity index (χ4n) is 1.95. The second-order valence-corrected chi connectivity index (χ2v) is 4.74. The third-order valence-electron chi connectivity index (χ3n) is 3.29. The highest BCUT2D eigenvalue weighted by atomic mass is 16.2. The average molecular weight is 289 g/mol. The summed E-state index contributed by atoms with van der Waals surface area (Å²) in [7, 11) is 1.20. The van der Waals surface area contributed by atoms with Crippen LogP contribution in [0.1, 0.15) is 11.1 Å². The molecule has 0 atom stereocenters.